The molecule has 0 saturated carbocycles. The lowest BCUT2D eigenvalue weighted by Crippen LogP contribution is -2.21. The Kier molecular flexibility index (Phi) is 5.96. The summed E-state index contributed by atoms with van der Waals surface area (Å²) in [4.78, 5) is 22.4. The van der Waals surface area contributed by atoms with Gasteiger partial charge >= 0.3 is 5.97 Å². The van der Waals surface area contributed by atoms with Crippen LogP contribution in [0.25, 0.3) is 0 Å². The maximum absolute atomic E-state index is 12.1. The Morgan fingerprint density at radius 1 is 1.43 bits per heavy atom. The van der Waals surface area contributed by atoms with Gasteiger partial charge in [-0.3, -0.25) is 9.59 Å². The highest BCUT2D eigenvalue weighted by Crippen LogP contribution is 2.21. The number of nitriles is 1. The van der Waals surface area contributed by atoms with Crippen LogP contribution < -0.4 is 10.6 Å². The van der Waals surface area contributed by atoms with Crippen LogP contribution in [0.5, 0.6) is 0 Å². The molecule has 6 heteroatoms. The highest BCUT2D eigenvalue weighted by molar-refractivity contribution is 6.07. The first-order chi connectivity index (χ1) is 9.99. The summed E-state index contributed by atoms with van der Waals surface area (Å²) in [5, 5.41) is 22.6. The average Bonchev–Trinajstić information content (AvgIpc) is 2.45. The van der Waals surface area contributed by atoms with Gasteiger partial charge in [0.2, 0.25) is 0 Å². The Morgan fingerprint density at radius 3 is 2.71 bits per heavy atom. The molecule has 0 spiro atoms. The number of amides is 1. The maximum atomic E-state index is 12.1. The molecule has 0 aromatic heterocycles. The Morgan fingerprint density at radius 2 is 2.14 bits per heavy atom. The van der Waals surface area contributed by atoms with Crippen molar-refractivity contribution in [3.05, 3.63) is 41.1 Å². The van der Waals surface area contributed by atoms with Crippen molar-refractivity contribution in [1.29, 1.82) is 5.26 Å². The molecule has 0 aliphatic carbocycles. The number of para-hydroxylation sites is 1. The highest BCUT2D eigenvalue weighted by atomic mass is 16.4. The van der Waals surface area contributed by atoms with Gasteiger partial charge in [0.25, 0.3) is 5.91 Å². The number of carboxylic acids is 1. The third-order valence-electron chi connectivity index (χ3n) is 2.84. The van der Waals surface area contributed by atoms with Gasteiger partial charge in [-0.2, -0.15) is 5.26 Å². The second kappa shape index (κ2) is 7.70. The van der Waals surface area contributed by atoms with Crippen molar-refractivity contribution in [2.24, 2.45) is 0 Å². The summed E-state index contributed by atoms with van der Waals surface area (Å²) >= 11 is 0. The van der Waals surface area contributed by atoms with E-state index in [1.54, 1.807) is 6.07 Å². The molecule has 0 aliphatic heterocycles. The van der Waals surface area contributed by atoms with Crippen molar-refractivity contribution in [3.63, 3.8) is 0 Å². The first-order valence-corrected chi connectivity index (χ1v) is 6.44. The molecule has 1 amide bonds. The van der Waals surface area contributed by atoms with Gasteiger partial charge in [0.05, 0.1) is 0 Å². The summed E-state index contributed by atoms with van der Waals surface area (Å²) < 4.78 is 0. The number of aliphatic carboxylic acids is 1. The summed E-state index contributed by atoms with van der Waals surface area (Å²) in [7, 11) is 0. The van der Waals surface area contributed by atoms with Crippen molar-refractivity contribution in [2.75, 3.05) is 11.9 Å². The molecule has 6 nitrogen and oxygen atoms in total. The molecular weight excluding hydrogens is 270 g/mol. The molecule has 1 rings (SSSR count). The van der Waals surface area contributed by atoms with Crippen LogP contribution in [0.4, 0.5) is 5.69 Å². The molecule has 1 aromatic rings. The lowest BCUT2D eigenvalue weighted by atomic mass is 10.1. The largest absolute Gasteiger partial charge is 0.480 e. The minimum absolute atomic E-state index is 0.179. The summed E-state index contributed by atoms with van der Waals surface area (Å²) in [6.07, 6.45) is 1.85. The fraction of sp³-hybridized carbons (Fsp3) is 0.267. The number of anilines is 1. The maximum Gasteiger partial charge on any atom is 0.322 e. The molecule has 0 heterocycles. The van der Waals surface area contributed by atoms with Crippen molar-refractivity contribution in [3.8, 4) is 6.07 Å². The first-order valence-electron chi connectivity index (χ1n) is 6.44. The van der Waals surface area contributed by atoms with Crippen molar-refractivity contribution in [2.45, 2.75) is 20.3 Å². The van der Waals surface area contributed by atoms with Crippen molar-refractivity contribution in [1.82, 2.24) is 5.32 Å². The summed E-state index contributed by atoms with van der Waals surface area (Å²) in [5.41, 5.74) is 2.38. The number of carbonyl (C=O) groups excluding carboxylic acids is 1. The molecule has 0 radical (unpaired) electrons. The molecule has 3 N–H and O–H groups in total. The number of carbonyl (C=O) groups is 2. The van der Waals surface area contributed by atoms with Gasteiger partial charge in [-0.15, -0.1) is 0 Å². The van der Waals surface area contributed by atoms with Gasteiger partial charge in [0, 0.05) is 11.9 Å². The van der Waals surface area contributed by atoms with Crippen LogP contribution >= 0.6 is 0 Å². The van der Waals surface area contributed by atoms with Gasteiger partial charge in [-0.1, -0.05) is 25.1 Å². The zero-order valence-electron chi connectivity index (χ0n) is 11.9. The molecule has 0 atom stereocenters. The number of nitrogens with one attached hydrogen (secondary N) is 2. The summed E-state index contributed by atoms with van der Waals surface area (Å²) in [5.74, 6) is -1.64. The second-order valence-corrected chi connectivity index (χ2v) is 4.36. The van der Waals surface area contributed by atoms with E-state index in [9.17, 15) is 9.59 Å². The van der Waals surface area contributed by atoms with Crippen LogP contribution in [0, 0.1) is 18.3 Å². The van der Waals surface area contributed by atoms with E-state index in [4.69, 9.17) is 10.4 Å². The molecule has 0 saturated heterocycles. The highest BCUT2D eigenvalue weighted by Gasteiger charge is 2.12. The van der Waals surface area contributed by atoms with E-state index in [1.807, 2.05) is 32.0 Å². The fourth-order valence-corrected chi connectivity index (χ4v) is 1.77. The van der Waals surface area contributed by atoms with E-state index in [2.05, 4.69) is 10.6 Å². The quantitative estimate of drug-likeness (QED) is 0.544. The van der Waals surface area contributed by atoms with Crippen LogP contribution in [-0.4, -0.2) is 23.5 Å². The topological polar surface area (TPSA) is 102 Å². The van der Waals surface area contributed by atoms with Gasteiger partial charge in [-0.05, 0) is 24.5 Å². The molecule has 1 aromatic carbocycles. The minimum Gasteiger partial charge on any atom is -0.480 e. The molecular formula is C15H17N3O3. The van der Waals surface area contributed by atoms with Crippen LogP contribution in [0.3, 0.4) is 0 Å². The van der Waals surface area contributed by atoms with E-state index in [0.717, 1.165) is 23.7 Å². The van der Waals surface area contributed by atoms with Crippen LogP contribution in [0.2, 0.25) is 0 Å². The number of carboxylic acid groups (broad SMARTS) is 1. The summed E-state index contributed by atoms with van der Waals surface area (Å²) in [6, 6.07) is 7.42. The Hall–Kier alpha value is -2.81. The fourth-order valence-electron chi connectivity index (χ4n) is 1.77. The Bertz CT molecular complexity index is 615. The Labute approximate surface area is 123 Å². The van der Waals surface area contributed by atoms with E-state index in [1.165, 1.54) is 0 Å². The van der Waals surface area contributed by atoms with Crippen molar-refractivity contribution >= 4 is 17.6 Å². The van der Waals surface area contributed by atoms with E-state index in [0.29, 0.717) is 5.69 Å². The summed E-state index contributed by atoms with van der Waals surface area (Å²) in [6.45, 7) is 3.48. The molecule has 0 bridgehead atoms. The lowest BCUT2D eigenvalue weighted by molar-refractivity contribution is -0.135. The van der Waals surface area contributed by atoms with E-state index >= 15 is 0 Å². The number of benzene rings is 1. The van der Waals surface area contributed by atoms with Gasteiger partial charge in [0.15, 0.2) is 0 Å². The van der Waals surface area contributed by atoms with Crippen LogP contribution in [-0.2, 0) is 16.0 Å². The smallest absolute Gasteiger partial charge is 0.322 e. The van der Waals surface area contributed by atoms with Gasteiger partial charge in [-0.25, -0.2) is 0 Å². The van der Waals surface area contributed by atoms with Crippen LogP contribution in [0.15, 0.2) is 30.0 Å². The van der Waals surface area contributed by atoms with Crippen LogP contribution in [0.1, 0.15) is 18.1 Å². The predicted molar refractivity (Wildman–Crippen MR) is 78.5 cm³/mol. The third-order valence-corrected chi connectivity index (χ3v) is 2.84. The van der Waals surface area contributed by atoms with E-state index < -0.39 is 11.9 Å². The monoisotopic (exact) mass is 287 g/mol. The lowest BCUT2D eigenvalue weighted by Gasteiger charge is -2.12. The Balaban J connectivity index is 2.89. The molecule has 110 valence electrons. The number of nitrogens with zero attached hydrogens (tertiary/aromatic N) is 1. The zero-order chi connectivity index (χ0) is 15.8. The van der Waals surface area contributed by atoms with Crippen molar-refractivity contribution < 1.29 is 14.7 Å². The number of aryl methyl sites for hydroxylation is 2. The molecule has 0 unspecified atom stereocenters. The third kappa shape index (κ3) is 4.66. The molecule has 0 aliphatic rings. The second-order valence-electron chi connectivity index (χ2n) is 4.36. The number of hydrogen-bond acceptors (Lipinski definition) is 4. The number of hydrogen-bond donors (Lipinski definition) is 3. The average molecular weight is 287 g/mol. The first kappa shape index (κ1) is 16.2. The standard InChI is InChI=1S/C15H17N3O3/c1-3-11-6-4-5-10(2)14(11)18-15(21)12(7-16)8-17-9-13(19)20/h4-6,8,17H,3,9H2,1-2H3,(H,18,21)(H,19,20)/b12-8-. The zero-order valence-corrected chi connectivity index (χ0v) is 11.9. The predicted octanol–water partition coefficient (Wildman–Crippen LogP) is 1.58. The van der Waals surface area contributed by atoms with Gasteiger partial charge in [0.1, 0.15) is 18.2 Å². The van der Waals surface area contributed by atoms with E-state index in [-0.39, 0.29) is 12.1 Å². The minimum atomic E-state index is -1.07. The number of rotatable bonds is 6. The molecule has 21 heavy (non-hydrogen) atoms. The normalized spacial score (nSPS) is 10.6. The van der Waals surface area contributed by atoms with Gasteiger partial charge < -0.3 is 15.7 Å². The molecule has 0 fully saturated rings. The SMILES string of the molecule is CCc1cccc(C)c1NC(=O)/C(C#N)=C\NCC(=O)O.